The fourth-order valence-corrected chi connectivity index (χ4v) is 7.03. The minimum atomic E-state index is -3.98. The Labute approximate surface area is 264 Å². The molecule has 2 fully saturated rings. The molecule has 2 saturated heterocycles. The highest BCUT2D eigenvalue weighted by Crippen LogP contribution is 2.32. The molecule has 2 aliphatic heterocycles. The Kier molecular flexibility index (Phi) is 9.93. The number of nitrogens with zero attached hydrogens (tertiary/aromatic N) is 4. The molecule has 3 aromatic carbocycles. The highest BCUT2D eigenvalue weighted by molar-refractivity contribution is 7.92. The minimum Gasteiger partial charge on any atom is -0.481 e. The second kappa shape index (κ2) is 13.9. The average molecular weight is 636 g/mol. The highest BCUT2D eigenvalue weighted by Gasteiger charge is 2.28. The topological polar surface area (TPSA) is 131 Å². The molecule has 240 valence electrons. The van der Waals surface area contributed by atoms with E-state index in [0.717, 1.165) is 42.6 Å². The van der Waals surface area contributed by atoms with Gasteiger partial charge in [0.2, 0.25) is 5.91 Å². The van der Waals surface area contributed by atoms with E-state index in [2.05, 4.69) is 28.4 Å². The van der Waals surface area contributed by atoms with Gasteiger partial charge in [-0.25, -0.2) is 8.42 Å². The first kappa shape index (κ1) is 32.2. The SMILES string of the molecule is CC(C)N1CCN(c2ccc(C(=O)N3CCN(C(=O)CCCC(=O)O)CC3)cc2NS(=O)(=O)c2ccc3ccccc3c2)CC1. The first-order valence-corrected chi connectivity index (χ1v) is 16.9. The number of amides is 2. The zero-order chi connectivity index (χ0) is 32.1. The number of carbonyl (C=O) groups is 3. The number of sulfonamides is 1. The molecule has 0 aromatic heterocycles. The van der Waals surface area contributed by atoms with Crippen molar-refractivity contribution in [1.82, 2.24) is 14.7 Å². The molecule has 0 bridgehead atoms. The Balaban J connectivity index is 1.36. The third-order valence-electron chi connectivity index (χ3n) is 8.61. The zero-order valence-electron chi connectivity index (χ0n) is 25.8. The van der Waals surface area contributed by atoms with Crippen LogP contribution < -0.4 is 9.62 Å². The van der Waals surface area contributed by atoms with Crippen LogP contribution in [0.3, 0.4) is 0 Å². The van der Waals surface area contributed by atoms with Crippen LogP contribution in [0.4, 0.5) is 11.4 Å². The van der Waals surface area contributed by atoms with E-state index in [1.165, 1.54) is 0 Å². The van der Waals surface area contributed by atoms with Crippen LogP contribution in [0, 0.1) is 0 Å². The number of carbonyl (C=O) groups excluding carboxylic acids is 2. The van der Waals surface area contributed by atoms with E-state index in [9.17, 15) is 22.8 Å². The van der Waals surface area contributed by atoms with Crippen molar-refractivity contribution < 1.29 is 27.9 Å². The number of aliphatic carboxylic acids is 1. The van der Waals surface area contributed by atoms with Gasteiger partial charge in [0.25, 0.3) is 15.9 Å². The third-order valence-corrected chi connectivity index (χ3v) is 9.97. The quantitative estimate of drug-likeness (QED) is 0.345. The normalized spacial score (nSPS) is 16.3. The van der Waals surface area contributed by atoms with Gasteiger partial charge in [0, 0.05) is 76.8 Å². The fourth-order valence-electron chi connectivity index (χ4n) is 5.93. The molecule has 5 rings (SSSR count). The molecule has 3 aromatic rings. The summed E-state index contributed by atoms with van der Waals surface area (Å²) in [5.74, 6) is -1.29. The van der Waals surface area contributed by atoms with Crippen molar-refractivity contribution in [3.8, 4) is 0 Å². The van der Waals surface area contributed by atoms with Crippen LogP contribution in [0.5, 0.6) is 0 Å². The number of nitrogens with one attached hydrogen (secondary N) is 1. The van der Waals surface area contributed by atoms with Crippen LogP contribution in [0.2, 0.25) is 0 Å². The van der Waals surface area contributed by atoms with E-state index in [0.29, 0.717) is 43.5 Å². The lowest BCUT2D eigenvalue weighted by atomic mass is 10.1. The molecule has 0 aliphatic carbocycles. The number of piperazine rings is 2. The van der Waals surface area contributed by atoms with Crippen molar-refractivity contribution in [2.45, 2.75) is 44.0 Å². The van der Waals surface area contributed by atoms with Gasteiger partial charge in [-0.1, -0.05) is 30.3 Å². The smallest absolute Gasteiger partial charge is 0.303 e. The lowest BCUT2D eigenvalue weighted by Crippen LogP contribution is -2.50. The molecular weight excluding hydrogens is 594 g/mol. The summed E-state index contributed by atoms with van der Waals surface area (Å²) in [6, 6.07) is 18.2. The van der Waals surface area contributed by atoms with Gasteiger partial charge in [-0.3, -0.25) is 24.0 Å². The standard InChI is InChI=1S/C33H41N5O6S/c1-24(2)35-14-16-36(17-15-35)30-13-11-27(33(42)38-20-18-37(19-21-38)31(39)8-5-9-32(40)41)23-29(30)34-45(43,44)28-12-10-25-6-3-4-7-26(25)22-28/h3-4,6-7,10-13,22-24,34H,5,8-9,14-21H2,1-2H3,(H,40,41). The summed E-state index contributed by atoms with van der Waals surface area (Å²) < 4.78 is 30.2. The fraction of sp³-hybridized carbons (Fsp3) is 0.424. The van der Waals surface area contributed by atoms with Crippen LogP contribution in [0.1, 0.15) is 43.5 Å². The summed E-state index contributed by atoms with van der Waals surface area (Å²) in [7, 11) is -3.98. The average Bonchev–Trinajstić information content (AvgIpc) is 3.04. The lowest BCUT2D eigenvalue weighted by molar-refractivity contribution is -0.137. The predicted molar refractivity (Wildman–Crippen MR) is 174 cm³/mol. The largest absolute Gasteiger partial charge is 0.481 e. The van der Waals surface area contributed by atoms with Crippen molar-refractivity contribution in [2.75, 3.05) is 62.0 Å². The lowest BCUT2D eigenvalue weighted by Gasteiger charge is -2.39. The Morgan fingerprint density at radius 2 is 1.47 bits per heavy atom. The molecule has 11 nitrogen and oxygen atoms in total. The number of hydrogen-bond acceptors (Lipinski definition) is 7. The summed E-state index contributed by atoms with van der Waals surface area (Å²) in [6.07, 6.45) is 0.387. The Morgan fingerprint density at radius 1 is 0.800 bits per heavy atom. The van der Waals surface area contributed by atoms with Crippen LogP contribution in [-0.4, -0.2) is 104 Å². The van der Waals surface area contributed by atoms with E-state index in [4.69, 9.17) is 5.11 Å². The van der Waals surface area contributed by atoms with Crippen molar-refractivity contribution >= 4 is 50.0 Å². The number of anilines is 2. The number of carboxylic acids is 1. The maximum Gasteiger partial charge on any atom is 0.303 e. The second-order valence-corrected chi connectivity index (χ2v) is 13.6. The van der Waals surface area contributed by atoms with Crippen molar-refractivity contribution in [3.63, 3.8) is 0 Å². The van der Waals surface area contributed by atoms with E-state index >= 15 is 0 Å². The second-order valence-electron chi connectivity index (χ2n) is 11.9. The predicted octanol–water partition coefficient (Wildman–Crippen LogP) is 3.71. The molecule has 45 heavy (non-hydrogen) atoms. The molecule has 0 spiro atoms. The maximum atomic E-state index is 13.7. The van der Waals surface area contributed by atoms with Gasteiger partial charge in [0.05, 0.1) is 16.3 Å². The van der Waals surface area contributed by atoms with Crippen molar-refractivity contribution in [2.24, 2.45) is 0 Å². The Bertz CT molecular complexity index is 1660. The van der Waals surface area contributed by atoms with Gasteiger partial charge in [-0.05, 0) is 61.4 Å². The van der Waals surface area contributed by atoms with Gasteiger partial charge in [0.1, 0.15) is 0 Å². The molecule has 0 radical (unpaired) electrons. The van der Waals surface area contributed by atoms with Gasteiger partial charge in [0.15, 0.2) is 0 Å². The first-order chi connectivity index (χ1) is 21.5. The number of benzene rings is 3. The summed E-state index contributed by atoms with van der Waals surface area (Å²) in [4.78, 5) is 44.9. The summed E-state index contributed by atoms with van der Waals surface area (Å²) in [6.45, 7) is 8.83. The van der Waals surface area contributed by atoms with Gasteiger partial charge < -0.3 is 19.8 Å². The molecule has 0 atom stereocenters. The van der Waals surface area contributed by atoms with Gasteiger partial charge in [-0.15, -0.1) is 0 Å². The molecule has 0 saturated carbocycles. The number of fused-ring (bicyclic) bond motifs is 1. The van der Waals surface area contributed by atoms with Crippen LogP contribution in [-0.2, 0) is 19.6 Å². The summed E-state index contributed by atoms with van der Waals surface area (Å²) in [5.41, 5.74) is 1.42. The van der Waals surface area contributed by atoms with Gasteiger partial charge in [-0.2, -0.15) is 0 Å². The van der Waals surface area contributed by atoms with Crippen LogP contribution in [0.15, 0.2) is 65.6 Å². The molecule has 2 N–H and O–H groups in total. The number of carboxylic acid groups (broad SMARTS) is 1. The molecular formula is C33H41N5O6S. The Hall–Kier alpha value is -4.16. The molecule has 2 aliphatic rings. The van der Waals surface area contributed by atoms with E-state index in [1.54, 1.807) is 40.1 Å². The summed E-state index contributed by atoms with van der Waals surface area (Å²) in [5, 5.41) is 10.6. The molecule has 12 heteroatoms. The third kappa shape index (κ3) is 7.74. The first-order valence-electron chi connectivity index (χ1n) is 15.5. The maximum absolute atomic E-state index is 13.7. The van der Waals surface area contributed by atoms with E-state index in [-0.39, 0.29) is 36.0 Å². The minimum absolute atomic E-state index is 0.0550. The number of hydrogen-bond donors (Lipinski definition) is 2. The van der Waals surface area contributed by atoms with Crippen LogP contribution >= 0.6 is 0 Å². The highest BCUT2D eigenvalue weighted by atomic mass is 32.2. The Morgan fingerprint density at radius 3 is 2.13 bits per heavy atom. The zero-order valence-corrected chi connectivity index (χ0v) is 26.6. The van der Waals surface area contributed by atoms with E-state index < -0.39 is 16.0 Å². The summed E-state index contributed by atoms with van der Waals surface area (Å²) >= 11 is 0. The van der Waals surface area contributed by atoms with Crippen molar-refractivity contribution in [3.05, 3.63) is 66.2 Å². The van der Waals surface area contributed by atoms with Gasteiger partial charge >= 0.3 is 5.97 Å². The monoisotopic (exact) mass is 635 g/mol. The van der Waals surface area contributed by atoms with Crippen LogP contribution in [0.25, 0.3) is 10.8 Å². The van der Waals surface area contributed by atoms with E-state index in [1.807, 2.05) is 30.3 Å². The van der Waals surface area contributed by atoms with Crippen molar-refractivity contribution in [1.29, 1.82) is 0 Å². The molecule has 0 unspecified atom stereocenters. The molecule has 2 amide bonds. The number of rotatable bonds is 10. The molecule has 2 heterocycles.